The molecule has 1 aliphatic carbocycles. The first-order chi connectivity index (χ1) is 10.2. The Labute approximate surface area is 130 Å². The van der Waals surface area contributed by atoms with Crippen molar-refractivity contribution in [1.82, 2.24) is 0 Å². The van der Waals surface area contributed by atoms with E-state index in [4.69, 9.17) is 0 Å². The Hall–Kier alpha value is -1.54. The van der Waals surface area contributed by atoms with E-state index in [2.05, 4.69) is 36.4 Å². The maximum Gasteiger partial charge on any atom is 0.146 e. The summed E-state index contributed by atoms with van der Waals surface area (Å²) in [6.45, 7) is 1.75. The van der Waals surface area contributed by atoms with Crippen molar-refractivity contribution in [1.29, 1.82) is 0 Å². The van der Waals surface area contributed by atoms with Gasteiger partial charge in [-0.2, -0.15) is 0 Å². The fourth-order valence-electron chi connectivity index (χ4n) is 2.95. The highest BCUT2D eigenvalue weighted by Crippen LogP contribution is 2.59. The SMILES string of the molecule is CC(=O)C1(Sc2ccccc2)CC1CCc1ccccc1. The molecule has 2 aromatic rings. The molecular formula is C19H20OS. The zero-order chi connectivity index (χ0) is 14.7. The summed E-state index contributed by atoms with van der Waals surface area (Å²) < 4.78 is -0.171. The van der Waals surface area contributed by atoms with Gasteiger partial charge in [0, 0.05) is 4.90 Å². The molecule has 0 radical (unpaired) electrons. The lowest BCUT2D eigenvalue weighted by Gasteiger charge is -2.14. The summed E-state index contributed by atoms with van der Waals surface area (Å²) in [6, 6.07) is 20.8. The van der Waals surface area contributed by atoms with Crippen molar-refractivity contribution < 1.29 is 4.79 Å². The van der Waals surface area contributed by atoms with Gasteiger partial charge < -0.3 is 0 Å². The average molecular weight is 296 g/mol. The molecule has 2 heteroatoms. The Morgan fingerprint density at radius 1 is 1.10 bits per heavy atom. The molecule has 2 aromatic carbocycles. The quantitative estimate of drug-likeness (QED) is 0.764. The van der Waals surface area contributed by atoms with Gasteiger partial charge >= 0.3 is 0 Å². The van der Waals surface area contributed by atoms with E-state index < -0.39 is 0 Å². The highest BCUT2D eigenvalue weighted by Gasteiger charge is 2.58. The van der Waals surface area contributed by atoms with Crippen LogP contribution in [0.4, 0.5) is 0 Å². The molecule has 1 nitrogen and oxygen atoms in total. The van der Waals surface area contributed by atoms with Gasteiger partial charge in [-0.25, -0.2) is 0 Å². The molecule has 0 spiro atoms. The summed E-state index contributed by atoms with van der Waals surface area (Å²) in [7, 11) is 0. The molecule has 0 aliphatic heterocycles. The van der Waals surface area contributed by atoms with Crippen LogP contribution in [0.5, 0.6) is 0 Å². The van der Waals surface area contributed by atoms with E-state index in [-0.39, 0.29) is 4.75 Å². The van der Waals surface area contributed by atoms with Crippen LogP contribution in [-0.4, -0.2) is 10.5 Å². The minimum Gasteiger partial charge on any atom is -0.298 e. The number of hydrogen-bond acceptors (Lipinski definition) is 2. The van der Waals surface area contributed by atoms with Crippen LogP contribution in [0.2, 0.25) is 0 Å². The first kappa shape index (κ1) is 14.4. The Morgan fingerprint density at radius 3 is 2.33 bits per heavy atom. The highest BCUT2D eigenvalue weighted by atomic mass is 32.2. The van der Waals surface area contributed by atoms with Gasteiger partial charge in [0.25, 0.3) is 0 Å². The van der Waals surface area contributed by atoms with E-state index >= 15 is 0 Å². The molecule has 3 rings (SSSR count). The van der Waals surface area contributed by atoms with Crippen molar-refractivity contribution in [3.05, 3.63) is 66.2 Å². The van der Waals surface area contributed by atoms with Crippen molar-refractivity contribution >= 4 is 17.5 Å². The number of carbonyl (C=O) groups is 1. The predicted molar refractivity (Wildman–Crippen MR) is 88.6 cm³/mol. The Balaban J connectivity index is 1.64. The van der Waals surface area contributed by atoms with Gasteiger partial charge in [-0.1, -0.05) is 48.5 Å². The smallest absolute Gasteiger partial charge is 0.146 e. The largest absolute Gasteiger partial charge is 0.298 e. The third kappa shape index (κ3) is 3.21. The van der Waals surface area contributed by atoms with Gasteiger partial charge in [0.15, 0.2) is 0 Å². The van der Waals surface area contributed by atoms with Crippen LogP contribution in [-0.2, 0) is 11.2 Å². The van der Waals surface area contributed by atoms with Crippen molar-refractivity contribution in [3.8, 4) is 0 Å². The number of carbonyl (C=O) groups excluding carboxylic acids is 1. The van der Waals surface area contributed by atoms with Crippen LogP contribution in [0.3, 0.4) is 0 Å². The average Bonchev–Trinajstić information content (AvgIpc) is 3.22. The number of Topliss-reactive ketones (excluding diaryl/α,β-unsaturated/α-hetero) is 1. The Kier molecular flexibility index (Phi) is 4.16. The number of aryl methyl sites for hydroxylation is 1. The van der Waals surface area contributed by atoms with Crippen molar-refractivity contribution in [2.24, 2.45) is 5.92 Å². The zero-order valence-electron chi connectivity index (χ0n) is 12.3. The Bertz CT molecular complexity index is 608. The molecule has 2 atom stereocenters. The molecule has 0 bridgehead atoms. The summed E-state index contributed by atoms with van der Waals surface area (Å²) in [5.41, 5.74) is 1.37. The molecule has 2 unspecified atom stereocenters. The molecule has 1 fully saturated rings. The van der Waals surface area contributed by atoms with E-state index in [1.165, 1.54) is 10.5 Å². The second-order valence-corrected chi connectivity index (χ2v) is 7.19. The molecule has 0 saturated heterocycles. The van der Waals surface area contributed by atoms with Crippen LogP contribution in [0.1, 0.15) is 25.3 Å². The van der Waals surface area contributed by atoms with Gasteiger partial charge in [0.1, 0.15) is 5.78 Å². The molecule has 0 N–H and O–H groups in total. The minimum absolute atomic E-state index is 0.171. The first-order valence-electron chi connectivity index (χ1n) is 7.50. The number of hydrogen-bond donors (Lipinski definition) is 0. The van der Waals surface area contributed by atoms with E-state index in [1.807, 2.05) is 24.3 Å². The number of rotatable bonds is 6. The maximum absolute atomic E-state index is 12.1. The normalized spacial score (nSPS) is 23.8. The first-order valence-corrected chi connectivity index (χ1v) is 8.31. The minimum atomic E-state index is -0.171. The van der Waals surface area contributed by atoms with Gasteiger partial charge in [-0.3, -0.25) is 4.79 Å². The Morgan fingerprint density at radius 2 is 1.71 bits per heavy atom. The summed E-state index contributed by atoms with van der Waals surface area (Å²) in [5, 5.41) is 0. The van der Waals surface area contributed by atoms with E-state index in [1.54, 1.807) is 18.7 Å². The van der Waals surface area contributed by atoms with Crippen LogP contribution in [0, 0.1) is 5.92 Å². The lowest BCUT2D eigenvalue weighted by molar-refractivity contribution is -0.117. The van der Waals surface area contributed by atoms with E-state index in [0.29, 0.717) is 11.7 Å². The van der Waals surface area contributed by atoms with Crippen LogP contribution < -0.4 is 0 Å². The third-order valence-corrected chi connectivity index (χ3v) is 5.97. The zero-order valence-corrected chi connectivity index (χ0v) is 13.1. The van der Waals surface area contributed by atoms with Crippen molar-refractivity contribution in [2.45, 2.75) is 35.8 Å². The maximum atomic E-state index is 12.1. The molecule has 21 heavy (non-hydrogen) atoms. The van der Waals surface area contributed by atoms with Crippen LogP contribution >= 0.6 is 11.8 Å². The molecule has 108 valence electrons. The highest BCUT2D eigenvalue weighted by molar-refractivity contribution is 8.01. The van der Waals surface area contributed by atoms with Crippen LogP contribution in [0.25, 0.3) is 0 Å². The van der Waals surface area contributed by atoms with Gasteiger partial charge in [0.2, 0.25) is 0 Å². The summed E-state index contributed by atoms with van der Waals surface area (Å²) in [4.78, 5) is 13.3. The van der Waals surface area contributed by atoms with Gasteiger partial charge in [-0.15, -0.1) is 11.8 Å². The predicted octanol–water partition coefficient (Wildman–Crippen LogP) is 4.76. The fraction of sp³-hybridized carbons (Fsp3) is 0.316. The molecule has 0 aromatic heterocycles. The number of ketones is 1. The topological polar surface area (TPSA) is 17.1 Å². The number of benzene rings is 2. The number of thioether (sulfide) groups is 1. The van der Waals surface area contributed by atoms with Crippen LogP contribution in [0.15, 0.2) is 65.6 Å². The van der Waals surface area contributed by atoms with Crippen molar-refractivity contribution in [2.75, 3.05) is 0 Å². The molecule has 1 saturated carbocycles. The summed E-state index contributed by atoms with van der Waals surface area (Å²) in [6.07, 6.45) is 3.19. The second-order valence-electron chi connectivity index (χ2n) is 5.79. The van der Waals surface area contributed by atoms with Gasteiger partial charge in [0.05, 0.1) is 4.75 Å². The lowest BCUT2D eigenvalue weighted by Crippen LogP contribution is -2.18. The standard InChI is InChI=1S/C19H20OS/c1-15(20)19(21-18-10-6-3-7-11-18)14-17(19)13-12-16-8-4-2-5-9-16/h2-11,17H,12-14H2,1H3. The monoisotopic (exact) mass is 296 g/mol. The molecule has 0 heterocycles. The van der Waals surface area contributed by atoms with E-state index in [9.17, 15) is 4.79 Å². The van der Waals surface area contributed by atoms with Gasteiger partial charge in [-0.05, 0) is 49.8 Å². The second kappa shape index (κ2) is 6.07. The lowest BCUT2D eigenvalue weighted by atomic mass is 10.1. The molecule has 1 aliphatic rings. The fourth-order valence-corrected chi connectivity index (χ4v) is 4.38. The van der Waals surface area contributed by atoms with Crippen molar-refractivity contribution in [3.63, 3.8) is 0 Å². The third-order valence-electron chi connectivity index (χ3n) is 4.31. The summed E-state index contributed by atoms with van der Waals surface area (Å²) in [5.74, 6) is 0.842. The molecule has 0 amide bonds. The van der Waals surface area contributed by atoms with E-state index in [0.717, 1.165) is 19.3 Å². The summed E-state index contributed by atoms with van der Waals surface area (Å²) >= 11 is 1.76. The molecular weight excluding hydrogens is 276 g/mol.